The molecule has 1 fully saturated rings. The summed E-state index contributed by atoms with van der Waals surface area (Å²) in [4.78, 5) is 25.7. The lowest BCUT2D eigenvalue weighted by molar-refractivity contribution is -0.124. The summed E-state index contributed by atoms with van der Waals surface area (Å²) in [5.41, 5.74) is -0.407. The number of sulfonamides is 1. The highest BCUT2D eigenvalue weighted by atomic mass is 32.2. The molecule has 2 atom stereocenters. The predicted octanol–water partition coefficient (Wildman–Crippen LogP) is -0.588. The van der Waals surface area contributed by atoms with Crippen LogP contribution in [-0.2, 0) is 14.8 Å². The Labute approximate surface area is 145 Å². The molecule has 0 saturated carbocycles. The Kier molecular flexibility index (Phi) is 5.76. The minimum atomic E-state index is -4.05. The van der Waals surface area contributed by atoms with E-state index in [9.17, 15) is 22.4 Å². The van der Waals surface area contributed by atoms with Crippen LogP contribution in [0.2, 0.25) is 0 Å². The van der Waals surface area contributed by atoms with Crippen LogP contribution in [0.4, 0.5) is 4.39 Å². The Morgan fingerprint density at radius 2 is 2.08 bits per heavy atom. The first-order chi connectivity index (χ1) is 11.6. The first-order valence-electron chi connectivity index (χ1n) is 7.74. The topological polar surface area (TPSA) is 122 Å². The molecular formula is C15H21FN4O4S. The summed E-state index contributed by atoms with van der Waals surface area (Å²) in [6, 6.07) is 2.04. The van der Waals surface area contributed by atoms with Gasteiger partial charge in [0.1, 0.15) is 5.82 Å². The zero-order valence-electron chi connectivity index (χ0n) is 14.0. The number of nitrogens with one attached hydrogen (secondary N) is 2. The summed E-state index contributed by atoms with van der Waals surface area (Å²) >= 11 is 0. The van der Waals surface area contributed by atoms with Gasteiger partial charge in [-0.25, -0.2) is 17.9 Å². The molecule has 10 heteroatoms. The number of halogens is 1. The van der Waals surface area contributed by atoms with Crippen molar-refractivity contribution in [3.8, 4) is 0 Å². The largest absolute Gasteiger partial charge is 0.355 e. The molecule has 25 heavy (non-hydrogen) atoms. The van der Waals surface area contributed by atoms with Gasteiger partial charge >= 0.3 is 0 Å². The van der Waals surface area contributed by atoms with E-state index in [0.29, 0.717) is 19.5 Å². The van der Waals surface area contributed by atoms with Crippen molar-refractivity contribution < 1.29 is 22.4 Å². The van der Waals surface area contributed by atoms with E-state index in [0.717, 1.165) is 18.2 Å². The second-order valence-corrected chi connectivity index (χ2v) is 7.50. The molecule has 8 nitrogen and oxygen atoms in total. The average Bonchev–Trinajstić information content (AvgIpc) is 2.87. The van der Waals surface area contributed by atoms with Gasteiger partial charge in [0, 0.05) is 19.1 Å². The third-order valence-corrected chi connectivity index (χ3v) is 4.96. The Bertz CT molecular complexity index is 784. The normalized spacial score (nSPS) is 21.1. The van der Waals surface area contributed by atoms with Gasteiger partial charge in [-0.15, -0.1) is 0 Å². The number of hydrogen-bond acceptors (Lipinski definition) is 5. The summed E-state index contributed by atoms with van der Waals surface area (Å²) in [5.74, 6) is -1.74. The smallest absolute Gasteiger partial charge is 0.254 e. The zero-order chi connectivity index (χ0) is 18.8. The zero-order valence-corrected chi connectivity index (χ0v) is 14.8. The maximum atomic E-state index is 13.9. The fourth-order valence-corrected chi connectivity index (χ4v) is 3.36. The number of rotatable bonds is 5. The van der Waals surface area contributed by atoms with Crippen molar-refractivity contribution in [1.29, 1.82) is 0 Å². The van der Waals surface area contributed by atoms with Crippen LogP contribution in [0.1, 0.15) is 23.7 Å². The van der Waals surface area contributed by atoms with Crippen molar-refractivity contribution in [2.45, 2.75) is 30.3 Å². The van der Waals surface area contributed by atoms with E-state index in [1.807, 2.05) is 6.92 Å². The standard InChI is InChI=1S/C15H21FN4O4S/c1-3-18-15(22)13-6-9(8-20(13)2)19-14(21)11-7-10(25(17,23)24)4-5-12(11)16/h4-5,7,9,13H,3,6,8H2,1-2H3,(H,18,22)(H,19,21)(H2,17,23,24)/t9-,13+/m1/s1. The summed E-state index contributed by atoms with van der Waals surface area (Å²) in [6.07, 6.45) is 0.380. The molecular weight excluding hydrogens is 351 g/mol. The number of carbonyl (C=O) groups is 2. The van der Waals surface area contributed by atoms with Crippen LogP contribution in [-0.4, -0.2) is 57.4 Å². The molecule has 1 aromatic carbocycles. The van der Waals surface area contributed by atoms with Gasteiger partial charge in [-0.2, -0.15) is 0 Å². The van der Waals surface area contributed by atoms with E-state index in [-0.39, 0.29) is 22.9 Å². The van der Waals surface area contributed by atoms with Gasteiger partial charge in [0.25, 0.3) is 5.91 Å². The van der Waals surface area contributed by atoms with Crippen LogP contribution in [0.3, 0.4) is 0 Å². The van der Waals surface area contributed by atoms with Crippen molar-refractivity contribution in [1.82, 2.24) is 15.5 Å². The lowest BCUT2D eigenvalue weighted by Crippen LogP contribution is -2.41. The number of likely N-dealkylation sites (N-methyl/N-ethyl adjacent to an activating group) is 2. The minimum absolute atomic E-state index is 0.135. The van der Waals surface area contributed by atoms with Crippen molar-refractivity contribution in [3.05, 3.63) is 29.6 Å². The van der Waals surface area contributed by atoms with E-state index in [1.54, 1.807) is 11.9 Å². The molecule has 1 aliphatic heterocycles. The van der Waals surface area contributed by atoms with Crippen molar-refractivity contribution in [2.75, 3.05) is 20.1 Å². The molecule has 0 radical (unpaired) electrons. The summed E-state index contributed by atoms with van der Waals surface area (Å²) in [6.45, 7) is 2.74. The number of benzene rings is 1. The van der Waals surface area contributed by atoms with Gasteiger partial charge < -0.3 is 10.6 Å². The van der Waals surface area contributed by atoms with Crippen molar-refractivity contribution in [3.63, 3.8) is 0 Å². The molecule has 0 aliphatic carbocycles. The van der Waals surface area contributed by atoms with E-state index >= 15 is 0 Å². The van der Waals surface area contributed by atoms with E-state index in [4.69, 9.17) is 5.14 Å². The molecule has 1 aromatic rings. The van der Waals surface area contributed by atoms with Crippen LogP contribution >= 0.6 is 0 Å². The quantitative estimate of drug-likeness (QED) is 0.638. The van der Waals surface area contributed by atoms with Gasteiger partial charge in [-0.1, -0.05) is 0 Å². The Morgan fingerprint density at radius 3 is 2.68 bits per heavy atom. The second-order valence-electron chi connectivity index (χ2n) is 5.94. The third kappa shape index (κ3) is 4.53. The second kappa shape index (κ2) is 7.46. The first-order valence-corrected chi connectivity index (χ1v) is 9.29. The average molecular weight is 372 g/mol. The van der Waals surface area contributed by atoms with E-state index in [2.05, 4.69) is 10.6 Å². The van der Waals surface area contributed by atoms with Crippen LogP contribution in [0.25, 0.3) is 0 Å². The van der Waals surface area contributed by atoms with Crippen LogP contribution in [0, 0.1) is 5.82 Å². The van der Waals surface area contributed by atoms with Crippen molar-refractivity contribution >= 4 is 21.8 Å². The highest BCUT2D eigenvalue weighted by molar-refractivity contribution is 7.89. The van der Waals surface area contributed by atoms with E-state index < -0.39 is 27.3 Å². The molecule has 0 bridgehead atoms. The number of likely N-dealkylation sites (tertiary alicyclic amines) is 1. The van der Waals surface area contributed by atoms with Crippen LogP contribution < -0.4 is 15.8 Å². The van der Waals surface area contributed by atoms with Crippen LogP contribution in [0.15, 0.2) is 23.1 Å². The molecule has 1 heterocycles. The maximum Gasteiger partial charge on any atom is 0.254 e. The monoisotopic (exact) mass is 372 g/mol. The summed E-state index contributed by atoms with van der Waals surface area (Å²) in [7, 11) is -2.29. The van der Waals surface area contributed by atoms with Gasteiger partial charge in [0.2, 0.25) is 15.9 Å². The lowest BCUT2D eigenvalue weighted by atomic mass is 10.1. The van der Waals surface area contributed by atoms with Gasteiger partial charge in [-0.3, -0.25) is 14.5 Å². The Morgan fingerprint density at radius 1 is 1.40 bits per heavy atom. The molecule has 2 amide bonds. The maximum absolute atomic E-state index is 13.9. The highest BCUT2D eigenvalue weighted by Gasteiger charge is 2.35. The fraction of sp³-hybridized carbons (Fsp3) is 0.467. The number of carbonyl (C=O) groups excluding carboxylic acids is 2. The van der Waals surface area contributed by atoms with Gasteiger partial charge in [-0.05, 0) is 38.6 Å². The lowest BCUT2D eigenvalue weighted by Gasteiger charge is -2.17. The minimum Gasteiger partial charge on any atom is -0.355 e. The molecule has 138 valence electrons. The molecule has 1 aliphatic rings. The molecule has 0 aromatic heterocycles. The molecule has 2 rings (SSSR count). The Hall–Kier alpha value is -2.04. The van der Waals surface area contributed by atoms with Gasteiger partial charge in [0.05, 0.1) is 16.5 Å². The van der Waals surface area contributed by atoms with Crippen LogP contribution in [0.5, 0.6) is 0 Å². The fourth-order valence-electron chi connectivity index (χ4n) is 2.82. The highest BCUT2D eigenvalue weighted by Crippen LogP contribution is 2.18. The summed E-state index contributed by atoms with van der Waals surface area (Å²) in [5, 5.41) is 10.4. The first kappa shape index (κ1) is 19.3. The third-order valence-electron chi connectivity index (χ3n) is 4.05. The Balaban J connectivity index is 2.12. The number of nitrogens with two attached hydrogens (primary N) is 1. The molecule has 0 unspecified atom stereocenters. The number of amides is 2. The number of hydrogen-bond donors (Lipinski definition) is 3. The van der Waals surface area contributed by atoms with E-state index in [1.165, 1.54) is 0 Å². The molecule has 0 spiro atoms. The molecule has 1 saturated heterocycles. The van der Waals surface area contributed by atoms with Crippen molar-refractivity contribution in [2.24, 2.45) is 5.14 Å². The SMILES string of the molecule is CCNC(=O)[C@@H]1C[C@@H](NC(=O)c2cc(S(N)(=O)=O)ccc2F)CN1C. The number of primary sulfonamides is 1. The molecule has 4 N–H and O–H groups in total. The summed E-state index contributed by atoms with van der Waals surface area (Å²) < 4.78 is 36.6. The van der Waals surface area contributed by atoms with Gasteiger partial charge in [0.15, 0.2) is 0 Å². The number of nitrogens with zero attached hydrogens (tertiary/aromatic N) is 1. The predicted molar refractivity (Wildman–Crippen MR) is 88.7 cm³/mol.